The fraction of sp³-hybridized carbons (Fsp3) is 0.375. The molecule has 3 aromatic rings. The lowest BCUT2D eigenvalue weighted by Crippen LogP contribution is -2.56. The quantitative estimate of drug-likeness (QED) is 0.396. The van der Waals surface area contributed by atoms with Gasteiger partial charge < -0.3 is 9.80 Å². The van der Waals surface area contributed by atoms with Crippen molar-refractivity contribution < 1.29 is 9.59 Å². The van der Waals surface area contributed by atoms with E-state index in [1.807, 2.05) is 66.4 Å². The number of carbonyl (C=O) groups is 2. The number of likely N-dealkylation sites (tertiary alicyclic amines) is 1. The van der Waals surface area contributed by atoms with Crippen LogP contribution in [0, 0.1) is 0 Å². The fourth-order valence-corrected chi connectivity index (χ4v) is 6.51. The molecule has 0 bridgehead atoms. The zero-order valence-electron chi connectivity index (χ0n) is 22.2. The van der Waals surface area contributed by atoms with Crippen LogP contribution in [0.5, 0.6) is 0 Å². The Morgan fingerprint density at radius 2 is 1.42 bits per heavy atom. The molecule has 0 N–H and O–H groups in total. The molecule has 6 rings (SSSR count). The van der Waals surface area contributed by atoms with Gasteiger partial charge in [0.05, 0.1) is 5.69 Å². The SMILES string of the molecule is CCN1C(=O)N(c2ccccc2-c2ccccc2)C(=O)C12CCN(Cc1ccc(N3CCCC3)cc1)CC2. The number of anilines is 2. The van der Waals surface area contributed by atoms with Crippen LogP contribution < -0.4 is 9.80 Å². The molecule has 3 aliphatic heterocycles. The number of piperidine rings is 1. The maximum Gasteiger partial charge on any atom is 0.332 e. The van der Waals surface area contributed by atoms with Crippen molar-refractivity contribution in [1.29, 1.82) is 0 Å². The molecule has 0 aromatic heterocycles. The van der Waals surface area contributed by atoms with Crippen molar-refractivity contribution >= 4 is 23.3 Å². The van der Waals surface area contributed by atoms with Crippen LogP contribution in [-0.2, 0) is 11.3 Å². The van der Waals surface area contributed by atoms with Gasteiger partial charge in [-0.25, -0.2) is 9.69 Å². The first-order valence-corrected chi connectivity index (χ1v) is 14.0. The van der Waals surface area contributed by atoms with Gasteiger partial charge in [0.15, 0.2) is 0 Å². The summed E-state index contributed by atoms with van der Waals surface area (Å²) in [5, 5.41) is 0. The van der Waals surface area contributed by atoms with Crippen molar-refractivity contribution in [3.63, 3.8) is 0 Å². The van der Waals surface area contributed by atoms with Crippen LogP contribution in [0.4, 0.5) is 16.2 Å². The molecule has 0 saturated carbocycles. The first-order chi connectivity index (χ1) is 18.6. The molecule has 1 spiro atoms. The van der Waals surface area contributed by atoms with Gasteiger partial charge in [0.1, 0.15) is 5.54 Å². The topological polar surface area (TPSA) is 47.1 Å². The minimum atomic E-state index is -0.772. The van der Waals surface area contributed by atoms with Crippen molar-refractivity contribution in [2.24, 2.45) is 0 Å². The Morgan fingerprint density at radius 1 is 0.763 bits per heavy atom. The van der Waals surface area contributed by atoms with Gasteiger partial charge in [-0.1, -0.05) is 60.7 Å². The number of rotatable bonds is 6. The molecule has 6 nitrogen and oxygen atoms in total. The Labute approximate surface area is 225 Å². The first-order valence-electron chi connectivity index (χ1n) is 14.0. The molecule has 3 aromatic carbocycles. The monoisotopic (exact) mass is 508 g/mol. The minimum absolute atomic E-state index is 0.0812. The number of likely N-dealkylation sites (N-methyl/N-ethyl adjacent to an activating group) is 1. The second-order valence-electron chi connectivity index (χ2n) is 10.7. The average molecular weight is 509 g/mol. The summed E-state index contributed by atoms with van der Waals surface area (Å²) in [6, 6.07) is 26.5. The fourth-order valence-electron chi connectivity index (χ4n) is 6.51. The van der Waals surface area contributed by atoms with E-state index in [9.17, 15) is 9.59 Å². The summed E-state index contributed by atoms with van der Waals surface area (Å²) >= 11 is 0. The third-order valence-electron chi connectivity index (χ3n) is 8.58. The molecule has 3 heterocycles. The third kappa shape index (κ3) is 4.27. The molecule has 196 valence electrons. The van der Waals surface area contributed by atoms with Crippen molar-refractivity contribution in [2.75, 3.05) is 42.5 Å². The Kier molecular flexibility index (Phi) is 6.66. The van der Waals surface area contributed by atoms with Gasteiger partial charge in [-0.3, -0.25) is 9.69 Å². The van der Waals surface area contributed by atoms with Crippen LogP contribution in [0.25, 0.3) is 11.1 Å². The maximum atomic E-state index is 14.1. The lowest BCUT2D eigenvalue weighted by Gasteiger charge is -2.42. The van der Waals surface area contributed by atoms with Crippen molar-refractivity contribution in [1.82, 2.24) is 9.80 Å². The van der Waals surface area contributed by atoms with Gasteiger partial charge >= 0.3 is 6.03 Å². The lowest BCUT2D eigenvalue weighted by atomic mass is 9.85. The first kappa shape index (κ1) is 24.7. The normalized spacial score (nSPS) is 19.7. The van der Waals surface area contributed by atoms with Crippen molar-refractivity contribution in [2.45, 2.75) is 44.7 Å². The summed E-state index contributed by atoms with van der Waals surface area (Å²) < 4.78 is 0. The van der Waals surface area contributed by atoms with Crippen LogP contribution in [0.2, 0.25) is 0 Å². The zero-order chi connectivity index (χ0) is 26.1. The summed E-state index contributed by atoms with van der Waals surface area (Å²) in [6.07, 6.45) is 3.87. The largest absolute Gasteiger partial charge is 0.372 e. The molecule has 0 unspecified atom stereocenters. The highest BCUT2D eigenvalue weighted by Gasteiger charge is 2.58. The standard InChI is InChI=1S/C32H36N4O2/c1-2-35-31(38)36(29-13-7-6-12-28(29)26-10-4-3-5-11-26)30(37)32(35)18-22-33(23-19-32)24-25-14-16-27(17-15-25)34-20-8-9-21-34/h3-7,10-17H,2,8-9,18-24H2,1H3. The van der Waals surface area contributed by atoms with Crippen molar-refractivity contribution in [3.05, 3.63) is 84.4 Å². The summed E-state index contributed by atoms with van der Waals surface area (Å²) in [5.74, 6) is -0.0812. The number of amides is 3. The number of hydrogen-bond acceptors (Lipinski definition) is 4. The number of hydrogen-bond donors (Lipinski definition) is 0. The number of para-hydroxylation sites is 1. The Balaban J connectivity index is 1.19. The molecule has 3 aliphatic rings. The molecule has 38 heavy (non-hydrogen) atoms. The second-order valence-corrected chi connectivity index (χ2v) is 10.7. The van der Waals surface area contributed by atoms with Gasteiger partial charge in [0.25, 0.3) is 5.91 Å². The van der Waals surface area contributed by atoms with E-state index in [-0.39, 0.29) is 11.9 Å². The van der Waals surface area contributed by atoms with Gasteiger partial charge in [0.2, 0.25) is 0 Å². The summed E-state index contributed by atoms with van der Waals surface area (Å²) in [7, 11) is 0. The van der Waals surface area contributed by atoms with Crippen LogP contribution >= 0.6 is 0 Å². The molecule has 3 fully saturated rings. The van der Waals surface area contributed by atoms with Crippen molar-refractivity contribution in [3.8, 4) is 11.1 Å². The van der Waals surface area contributed by atoms with E-state index in [1.54, 1.807) is 0 Å². The summed E-state index contributed by atoms with van der Waals surface area (Å²) in [6.45, 7) is 7.25. The van der Waals surface area contributed by atoms with Gasteiger partial charge in [0, 0.05) is 50.5 Å². The number of urea groups is 1. The zero-order valence-corrected chi connectivity index (χ0v) is 22.2. The Hall–Kier alpha value is -3.64. The van der Waals surface area contributed by atoms with E-state index < -0.39 is 5.54 Å². The highest BCUT2D eigenvalue weighted by Crippen LogP contribution is 2.42. The molecule has 0 atom stereocenters. The lowest BCUT2D eigenvalue weighted by molar-refractivity contribution is -0.127. The van der Waals surface area contributed by atoms with E-state index >= 15 is 0 Å². The number of nitrogens with zero attached hydrogens (tertiary/aromatic N) is 4. The molecule has 6 heteroatoms. The summed E-state index contributed by atoms with van der Waals surface area (Å²) in [4.78, 5) is 36.0. The minimum Gasteiger partial charge on any atom is -0.372 e. The predicted octanol–water partition coefficient (Wildman–Crippen LogP) is 5.78. The third-order valence-corrected chi connectivity index (χ3v) is 8.58. The highest BCUT2D eigenvalue weighted by molar-refractivity contribution is 6.24. The van der Waals surface area contributed by atoms with Gasteiger partial charge in [-0.05, 0) is 61.9 Å². The van der Waals surface area contributed by atoms with Crippen LogP contribution in [0.15, 0.2) is 78.9 Å². The Morgan fingerprint density at radius 3 is 2.11 bits per heavy atom. The number of benzene rings is 3. The second kappa shape index (κ2) is 10.3. The van der Waals surface area contributed by atoms with Crippen LogP contribution in [-0.4, -0.2) is 60.0 Å². The van der Waals surface area contributed by atoms with E-state index in [0.717, 1.165) is 43.9 Å². The smallest absolute Gasteiger partial charge is 0.332 e. The van der Waals surface area contributed by atoms with E-state index in [0.29, 0.717) is 25.1 Å². The van der Waals surface area contributed by atoms with Gasteiger partial charge in [-0.15, -0.1) is 0 Å². The van der Waals surface area contributed by atoms with Crippen LogP contribution in [0.3, 0.4) is 0 Å². The van der Waals surface area contributed by atoms with E-state index in [2.05, 4.69) is 34.1 Å². The van der Waals surface area contributed by atoms with E-state index in [4.69, 9.17) is 0 Å². The number of imide groups is 1. The summed E-state index contributed by atoms with van der Waals surface area (Å²) in [5.41, 5.74) is 4.41. The molecular weight excluding hydrogens is 472 g/mol. The average Bonchev–Trinajstić information content (AvgIpc) is 3.57. The maximum absolute atomic E-state index is 14.1. The molecule has 0 radical (unpaired) electrons. The molecule has 0 aliphatic carbocycles. The molecule has 3 saturated heterocycles. The molecule has 3 amide bonds. The van der Waals surface area contributed by atoms with Gasteiger partial charge in [-0.2, -0.15) is 0 Å². The molecular formula is C32H36N4O2. The predicted molar refractivity (Wildman–Crippen MR) is 152 cm³/mol. The highest BCUT2D eigenvalue weighted by atomic mass is 16.2. The Bertz CT molecular complexity index is 1290. The van der Waals surface area contributed by atoms with Crippen LogP contribution in [0.1, 0.15) is 38.2 Å². The van der Waals surface area contributed by atoms with E-state index in [1.165, 1.54) is 29.0 Å². The number of carbonyl (C=O) groups excluding carboxylic acids is 2.